The van der Waals surface area contributed by atoms with Gasteiger partial charge in [0, 0.05) is 0 Å². The quantitative estimate of drug-likeness (QED) is 0.636. The number of carbonyl (C=O) groups is 1. The highest BCUT2D eigenvalue weighted by atomic mass is 35.5. The van der Waals surface area contributed by atoms with Gasteiger partial charge in [-0.1, -0.05) is 6.07 Å². The molecule has 0 fully saturated rings. The Bertz CT molecular complexity index is 595. The molecule has 0 radical (unpaired) electrons. The number of rotatable bonds is 3. The zero-order valence-electron chi connectivity index (χ0n) is 9.98. The number of ether oxygens (including phenoxy) is 1. The molecule has 0 aliphatic carbocycles. The van der Waals surface area contributed by atoms with Crippen LogP contribution in [0, 0.1) is 5.82 Å². The van der Waals surface area contributed by atoms with Gasteiger partial charge in [-0.05, 0) is 19.1 Å². The maximum absolute atomic E-state index is 13.6. The maximum Gasteiger partial charge on any atom is 0.325 e. The number of carbonyl (C=O) groups excluding carboxylic acids is 1. The van der Waals surface area contributed by atoms with Crippen molar-refractivity contribution in [2.75, 3.05) is 7.11 Å². The van der Waals surface area contributed by atoms with Crippen molar-refractivity contribution in [3.63, 3.8) is 0 Å². The number of hydrogen-bond donors (Lipinski definition) is 0. The number of para-hydroxylation sites is 1. The fraction of sp³-hybridized carbons (Fsp3) is 0.333. The Balaban J connectivity index is 2.63. The van der Waals surface area contributed by atoms with Crippen LogP contribution in [0.25, 0.3) is 11.0 Å². The monoisotopic (exact) mass is 270 g/mol. The van der Waals surface area contributed by atoms with Crippen LogP contribution >= 0.6 is 11.6 Å². The first-order valence-electron chi connectivity index (χ1n) is 5.40. The molecule has 6 heteroatoms. The normalized spacial score (nSPS) is 12.7. The molecule has 0 aliphatic heterocycles. The lowest BCUT2D eigenvalue weighted by atomic mass is 10.3. The van der Waals surface area contributed by atoms with E-state index >= 15 is 0 Å². The summed E-state index contributed by atoms with van der Waals surface area (Å²) in [6.07, 6.45) is 0. The van der Waals surface area contributed by atoms with Crippen molar-refractivity contribution >= 4 is 28.6 Å². The summed E-state index contributed by atoms with van der Waals surface area (Å²) in [6, 6.07) is 4.58. The van der Waals surface area contributed by atoms with E-state index in [-0.39, 0.29) is 12.1 Å². The molecule has 1 aromatic heterocycles. The smallest absolute Gasteiger partial charge is 0.325 e. The number of halogens is 2. The van der Waals surface area contributed by atoms with E-state index in [4.69, 9.17) is 11.6 Å². The number of hydrogen-bond acceptors (Lipinski definition) is 3. The van der Waals surface area contributed by atoms with E-state index < -0.39 is 17.2 Å². The van der Waals surface area contributed by atoms with Gasteiger partial charge in [-0.2, -0.15) is 0 Å². The van der Waals surface area contributed by atoms with E-state index in [1.807, 2.05) is 0 Å². The second-order valence-corrected chi connectivity index (χ2v) is 4.51. The second kappa shape index (κ2) is 4.94. The Morgan fingerprint density at radius 3 is 2.94 bits per heavy atom. The summed E-state index contributed by atoms with van der Waals surface area (Å²) in [6.45, 7) is 1.68. The average molecular weight is 271 g/mol. The molecule has 4 nitrogen and oxygen atoms in total. The average Bonchev–Trinajstić information content (AvgIpc) is 2.70. The molecule has 0 aliphatic rings. The first-order chi connectivity index (χ1) is 8.54. The molecule has 0 saturated heterocycles. The minimum atomic E-state index is -0.435. The summed E-state index contributed by atoms with van der Waals surface area (Å²) in [4.78, 5) is 15.5. The summed E-state index contributed by atoms with van der Waals surface area (Å²) >= 11 is 6.00. The van der Waals surface area contributed by atoms with Crippen LogP contribution in [-0.4, -0.2) is 22.6 Å². The van der Waals surface area contributed by atoms with Crippen LogP contribution in [-0.2, 0) is 16.1 Å². The lowest BCUT2D eigenvalue weighted by molar-refractivity contribution is -0.141. The van der Waals surface area contributed by atoms with E-state index in [9.17, 15) is 9.18 Å². The number of aromatic nitrogens is 2. The Kier molecular flexibility index (Phi) is 3.52. The molecule has 1 heterocycles. The van der Waals surface area contributed by atoms with E-state index in [1.54, 1.807) is 23.6 Å². The third-order valence-corrected chi connectivity index (χ3v) is 2.83. The van der Waals surface area contributed by atoms with Crippen molar-refractivity contribution < 1.29 is 13.9 Å². The molecule has 0 spiro atoms. The van der Waals surface area contributed by atoms with Crippen molar-refractivity contribution in [2.45, 2.75) is 18.8 Å². The molecular formula is C12H12ClFN2O2. The number of alkyl halides is 1. The number of nitrogens with zero attached hydrogens (tertiary/aromatic N) is 2. The number of esters is 1. The highest BCUT2D eigenvalue weighted by Crippen LogP contribution is 2.25. The van der Waals surface area contributed by atoms with Crippen molar-refractivity contribution in [1.29, 1.82) is 0 Å². The number of methoxy groups -OCH3 is 1. The Morgan fingerprint density at radius 2 is 2.33 bits per heavy atom. The van der Waals surface area contributed by atoms with Gasteiger partial charge in [0.2, 0.25) is 0 Å². The van der Waals surface area contributed by atoms with Gasteiger partial charge < -0.3 is 9.30 Å². The van der Waals surface area contributed by atoms with Gasteiger partial charge in [0.15, 0.2) is 5.82 Å². The van der Waals surface area contributed by atoms with Gasteiger partial charge in [-0.3, -0.25) is 4.79 Å². The minimum absolute atomic E-state index is 0.0388. The van der Waals surface area contributed by atoms with Crippen LogP contribution in [0.5, 0.6) is 0 Å². The third-order valence-electron chi connectivity index (χ3n) is 2.63. The standard InChI is InChI=1S/C12H12ClFN2O2/c1-7(13)12-15-11-8(14)4-3-5-9(11)16(12)6-10(17)18-2/h3-5,7H,6H2,1-2H3. The predicted molar refractivity (Wildman–Crippen MR) is 66.0 cm³/mol. The van der Waals surface area contributed by atoms with Crippen molar-refractivity contribution in [2.24, 2.45) is 0 Å². The van der Waals surface area contributed by atoms with Crippen LogP contribution in [0.15, 0.2) is 18.2 Å². The van der Waals surface area contributed by atoms with E-state index in [1.165, 1.54) is 13.2 Å². The van der Waals surface area contributed by atoms with Crippen LogP contribution < -0.4 is 0 Å². The van der Waals surface area contributed by atoms with Gasteiger partial charge in [0.25, 0.3) is 0 Å². The molecule has 2 rings (SSSR count). The van der Waals surface area contributed by atoms with E-state index in [2.05, 4.69) is 9.72 Å². The molecule has 0 bridgehead atoms. The Hall–Kier alpha value is -1.62. The first kappa shape index (κ1) is 12.8. The SMILES string of the molecule is COC(=O)Cn1c(C(C)Cl)nc2c(F)cccc21. The molecular weight excluding hydrogens is 259 g/mol. The zero-order chi connectivity index (χ0) is 13.3. The van der Waals surface area contributed by atoms with Gasteiger partial charge >= 0.3 is 5.97 Å². The van der Waals surface area contributed by atoms with Crippen molar-refractivity contribution in [1.82, 2.24) is 9.55 Å². The molecule has 96 valence electrons. The highest BCUT2D eigenvalue weighted by Gasteiger charge is 2.18. The third kappa shape index (κ3) is 2.18. The predicted octanol–water partition coefficient (Wildman–Crippen LogP) is 2.65. The molecule has 2 aromatic rings. The number of benzene rings is 1. The fourth-order valence-corrected chi connectivity index (χ4v) is 1.96. The fourth-order valence-electron chi connectivity index (χ4n) is 1.79. The number of imidazole rings is 1. The Labute approximate surface area is 108 Å². The lowest BCUT2D eigenvalue weighted by Gasteiger charge is -2.08. The van der Waals surface area contributed by atoms with E-state index in [0.717, 1.165) is 0 Å². The summed E-state index contributed by atoms with van der Waals surface area (Å²) in [5, 5.41) is -0.429. The molecule has 0 saturated carbocycles. The summed E-state index contributed by atoms with van der Waals surface area (Å²) in [7, 11) is 1.30. The Morgan fingerprint density at radius 1 is 1.61 bits per heavy atom. The molecule has 0 N–H and O–H groups in total. The van der Waals surface area contributed by atoms with Crippen LogP contribution in [0.3, 0.4) is 0 Å². The van der Waals surface area contributed by atoms with Crippen LogP contribution in [0.4, 0.5) is 4.39 Å². The summed E-state index contributed by atoms with van der Waals surface area (Å²) in [5.74, 6) is -0.422. The van der Waals surface area contributed by atoms with Gasteiger partial charge in [-0.25, -0.2) is 9.37 Å². The highest BCUT2D eigenvalue weighted by molar-refractivity contribution is 6.20. The van der Waals surface area contributed by atoms with Crippen molar-refractivity contribution in [3.8, 4) is 0 Å². The topological polar surface area (TPSA) is 44.1 Å². The molecule has 0 amide bonds. The van der Waals surface area contributed by atoms with Gasteiger partial charge in [0.05, 0.1) is 18.0 Å². The largest absolute Gasteiger partial charge is 0.468 e. The summed E-state index contributed by atoms with van der Waals surface area (Å²) < 4.78 is 19.8. The first-order valence-corrected chi connectivity index (χ1v) is 5.83. The van der Waals surface area contributed by atoms with Crippen LogP contribution in [0.1, 0.15) is 18.1 Å². The van der Waals surface area contributed by atoms with Gasteiger partial charge in [0.1, 0.15) is 17.9 Å². The number of fused-ring (bicyclic) bond motifs is 1. The molecule has 1 aromatic carbocycles. The lowest BCUT2D eigenvalue weighted by Crippen LogP contribution is -2.14. The summed E-state index contributed by atoms with van der Waals surface area (Å²) in [5.41, 5.74) is 0.742. The maximum atomic E-state index is 13.6. The van der Waals surface area contributed by atoms with Crippen LogP contribution in [0.2, 0.25) is 0 Å². The zero-order valence-corrected chi connectivity index (χ0v) is 10.7. The molecule has 1 atom stereocenters. The van der Waals surface area contributed by atoms with Gasteiger partial charge in [-0.15, -0.1) is 11.6 Å². The molecule has 18 heavy (non-hydrogen) atoms. The minimum Gasteiger partial charge on any atom is -0.468 e. The van der Waals surface area contributed by atoms with Crippen molar-refractivity contribution in [3.05, 3.63) is 29.8 Å². The molecule has 1 unspecified atom stereocenters. The van der Waals surface area contributed by atoms with E-state index in [0.29, 0.717) is 11.3 Å². The second-order valence-electron chi connectivity index (χ2n) is 3.86.